The molecule has 1 aliphatic heterocycles. The molecule has 0 saturated heterocycles. The number of rotatable bonds is 6. The van der Waals surface area contributed by atoms with Crippen molar-refractivity contribution in [3.63, 3.8) is 0 Å². The number of fused-ring (bicyclic) bond motifs is 1. The van der Waals surface area contributed by atoms with E-state index in [4.69, 9.17) is 11.6 Å². The number of nitrogens with zero attached hydrogens (tertiary/aromatic N) is 3. The number of aromatic nitrogens is 2. The first-order chi connectivity index (χ1) is 14.7. The molecule has 11 heteroatoms. The first kappa shape index (κ1) is 23.1. The number of amides is 3. The second-order valence-electron chi connectivity index (χ2n) is 7.73. The van der Waals surface area contributed by atoms with E-state index in [1.165, 1.54) is 23.6 Å². The number of carbonyl (C=O) groups is 3. The summed E-state index contributed by atoms with van der Waals surface area (Å²) in [7, 11) is 2.04. The van der Waals surface area contributed by atoms with Crippen molar-refractivity contribution in [3.05, 3.63) is 38.9 Å². The molecule has 3 N–H and O–H groups in total. The molecule has 0 radical (unpaired) electrons. The molecule has 0 bridgehead atoms. The second kappa shape index (κ2) is 10.2. The van der Waals surface area contributed by atoms with Gasteiger partial charge in [-0.15, -0.1) is 11.3 Å². The fourth-order valence-electron chi connectivity index (χ4n) is 3.01. The lowest BCUT2D eigenvalue weighted by Crippen LogP contribution is -2.48. The van der Waals surface area contributed by atoms with Gasteiger partial charge in [-0.2, -0.15) is 0 Å². The number of carbonyl (C=O) groups excluding carboxylic acids is 3. The van der Waals surface area contributed by atoms with E-state index in [0.29, 0.717) is 10.0 Å². The highest BCUT2D eigenvalue weighted by molar-refractivity contribution is 7.13. The fourth-order valence-corrected chi connectivity index (χ4v) is 4.21. The Kier molecular flexibility index (Phi) is 7.58. The first-order valence-electron chi connectivity index (χ1n) is 9.91. The molecule has 0 aromatic carbocycles. The van der Waals surface area contributed by atoms with Crippen molar-refractivity contribution in [2.75, 3.05) is 25.5 Å². The summed E-state index contributed by atoms with van der Waals surface area (Å²) >= 11 is 7.15. The molecule has 0 unspecified atom stereocenters. The van der Waals surface area contributed by atoms with Gasteiger partial charge >= 0.3 is 11.8 Å². The molecule has 166 valence electrons. The molecule has 0 spiro atoms. The summed E-state index contributed by atoms with van der Waals surface area (Å²) in [5, 5.41) is 8.73. The Morgan fingerprint density at radius 3 is 2.71 bits per heavy atom. The minimum absolute atomic E-state index is 0.0333. The van der Waals surface area contributed by atoms with Gasteiger partial charge in [-0.3, -0.25) is 14.4 Å². The molecule has 31 heavy (non-hydrogen) atoms. The summed E-state index contributed by atoms with van der Waals surface area (Å²) in [6.45, 7) is 5.68. The molecule has 2 aromatic rings. The third-order valence-corrected chi connectivity index (χ3v) is 6.20. The van der Waals surface area contributed by atoms with E-state index in [9.17, 15) is 14.4 Å². The van der Waals surface area contributed by atoms with Gasteiger partial charge in [0.05, 0.1) is 10.7 Å². The average molecular weight is 465 g/mol. The zero-order valence-corrected chi connectivity index (χ0v) is 19.1. The molecule has 0 aliphatic carbocycles. The predicted molar refractivity (Wildman–Crippen MR) is 119 cm³/mol. The quantitative estimate of drug-likeness (QED) is 0.560. The molecular formula is C20H25ClN6O3S. The lowest BCUT2D eigenvalue weighted by atomic mass is 10.0. The van der Waals surface area contributed by atoms with E-state index in [2.05, 4.69) is 30.8 Å². The van der Waals surface area contributed by atoms with Gasteiger partial charge < -0.3 is 20.9 Å². The highest BCUT2D eigenvalue weighted by Crippen LogP contribution is 2.24. The standard InChI is InChI=1S/C20H25ClN6O3S/c1-11(2)14(9-23-17(28)18(29)26-16-5-4-12(21)8-22-16)24-19(30)20-25-13-6-7-27(3)10-15(13)31-20/h4-5,8,11,14H,6-7,9-10H2,1-3H3,(H,23,28)(H,24,30)(H,22,26,29)/t14-/m0/s1. The molecule has 0 fully saturated rings. The van der Waals surface area contributed by atoms with Crippen molar-refractivity contribution in [2.24, 2.45) is 5.92 Å². The van der Waals surface area contributed by atoms with Gasteiger partial charge in [0.15, 0.2) is 5.01 Å². The topological polar surface area (TPSA) is 116 Å². The van der Waals surface area contributed by atoms with Gasteiger partial charge in [0.25, 0.3) is 5.91 Å². The minimum atomic E-state index is -0.847. The van der Waals surface area contributed by atoms with E-state index in [-0.39, 0.29) is 30.2 Å². The number of thiazole rings is 1. The number of hydrogen-bond donors (Lipinski definition) is 3. The third kappa shape index (κ3) is 6.22. The minimum Gasteiger partial charge on any atom is -0.346 e. The van der Waals surface area contributed by atoms with Crippen molar-refractivity contribution in [3.8, 4) is 0 Å². The Hall–Kier alpha value is -2.56. The maximum atomic E-state index is 12.7. The number of anilines is 1. The van der Waals surface area contributed by atoms with Crippen LogP contribution in [0.25, 0.3) is 0 Å². The number of nitrogens with one attached hydrogen (secondary N) is 3. The van der Waals surface area contributed by atoms with E-state index in [1.807, 2.05) is 20.9 Å². The van der Waals surface area contributed by atoms with Gasteiger partial charge in [-0.1, -0.05) is 25.4 Å². The number of likely N-dealkylation sites (N-methyl/N-ethyl adjacent to an activating group) is 1. The van der Waals surface area contributed by atoms with Crippen LogP contribution in [0, 0.1) is 5.92 Å². The van der Waals surface area contributed by atoms with Gasteiger partial charge in [-0.25, -0.2) is 9.97 Å². The molecule has 1 atom stereocenters. The summed E-state index contributed by atoms with van der Waals surface area (Å²) in [5.74, 6) is -1.68. The van der Waals surface area contributed by atoms with Gasteiger partial charge in [0.2, 0.25) is 0 Å². The van der Waals surface area contributed by atoms with Crippen molar-refractivity contribution in [1.29, 1.82) is 0 Å². The van der Waals surface area contributed by atoms with Gasteiger partial charge in [0, 0.05) is 43.2 Å². The molecule has 1 aliphatic rings. The number of halogens is 1. The van der Waals surface area contributed by atoms with Crippen LogP contribution >= 0.6 is 22.9 Å². The lowest BCUT2D eigenvalue weighted by molar-refractivity contribution is -0.136. The Morgan fingerprint density at radius 2 is 2.03 bits per heavy atom. The Labute approximate surface area is 189 Å². The summed E-state index contributed by atoms with van der Waals surface area (Å²) in [6, 6.07) is 2.69. The van der Waals surface area contributed by atoms with Crippen LogP contribution in [0.15, 0.2) is 18.3 Å². The van der Waals surface area contributed by atoms with Crippen LogP contribution in [0.5, 0.6) is 0 Å². The highest BCUT2D eigenvalue weighted by atomic mass is 35.5. The van der Waals surface area contributed by atoms with Crippen molar-refractivity contribution >= 4 is 46.5 Å². The molecule has 3 heterocycles. The van der Waals surface area contributed by atoms with E-state index < -0.39 is 11.8 Å². The van der Waals surface area contributed by atoms with Gasteiger partial charge in [0.1, 0.15) is 5.82 Å². The van der Waals surface area contributed by atoms with Crippen LogP contribution < -0.4 is 16.0 Å². The first-order valence-corrected chi connectivity index (χ1v) is 11.1. The van der Waals surface area contributed by atoms with Crippen LogP contribution in [-0.2, 0) is 22.6 Å². The van der Waals surface area contributed by atoms with Crippen LogP contribution in [0.2, 0.25) is 5.02 Å². The summed E-state index contributed by atoms with van der Waals surface area (Å²) in [4.78, 5) is 48.7. The number of hydrogen-bond acceptors (Lipinski definition) is 7. The highest BCUT2D eigenvalue weighted by Gasteiger charge is 2.25. The zero-order valence-electron chi connectivity index (χ0n) is 17.6. The molecule has 0 saturated carbocycles. The van der Waals surface area contributed by atoms with E-state index >= 15 is 0 Å². The van der Waals surface area contributed by atoms with Crippen LogP contribution in [0.3, 0.4) is 0 Å². The van der Waals surface area contributed by atoms with Crippen molar-refractivity contribution < 1.29 is 14.4 Å². The van der Waals surface area contributed by atoms with E-state index in [1.54, 1.807) is 6.07 Å². The summed E-state index contributed by atoms with van der Waals surface area (Å²) in [6.07, 6.45) is 2.20. The van der Waals surface area contributed by atoms with E-state index in [0.717, 1.165) is 30.1 Å². The Balaban J connectivity index is 1.54. The number of pyridine rings is 1. The van der Waals surface area contributed by atoms with Gasteiger partial charge in [-0.05, 0) is 25.1 Å². The Bertz CT molecular complexity index is 962. The monoisotopic (exact) mass is 464 g/mol. The van der Waals surface area contributed by atoms with Crippen LogP contribution in [0.1, 0.15) is 34.2 Å². The predicted octanol–water partition coefficient (Wildman–Crippen LogP) is 1.69. The molecule has 3 amide bonds. The third-order valence-electron chi connectivity index (χ3n) is 4.90. The maximum Gasteiger partial charge on any atom is 0.314 e. The molecule has 9 nitrogen and oxygen atoms in total. The molecule has 2 aromatic heterocycles. The zero-order chi connectivity index (χ0) is 22.5. The lowest BCUT2D eigenvalue weighted by Gasteiger charge is -2.22. The molecular weight excluding hydrogens is 440 g/mol. The average Bonchev–Trinajstić information content (AvgIpc) is 3.15. The van der Waals surface area contributed by atoms with Crippen molar-refractivity contribution in [2.45, 2.75) is 32.9 Å². The van der Waals surface area contributed by atoms with Crippen LogP contribution in [-0.4, -0.2) is 58.8 Å². The smallest absolute Gasteiger partial charge is 0.314 e. The second-order valence-corrected chi connectivity index (χ2v) is 9.25. The summed E-state index contributed by atoms with van der Waals surface area (Å²) in [5.41, 5.74) is 0.982. The maximum absolute atomic E-state index is 12.7. The Morgan fingerprint density at radius 1 is 1.26 bits per heavy atom. The van der Waals surface area contributed by atoms with Crippen molar-refractivity contribution in [1.82, 2.24) is 25.5 Å². The van der Waals surface area contributed by atoms with Crippen LogP contribution in [0.4, 0.5) is 5.82 Å². The molecule has 3 rings (SSSR count). The largest absolute Gasteiger partial charge is 0.346 e. The normalized spacial score (nSPS) is 14.6. The fraction of sp³-hybridized carbons (Fsp3) is 0.450. The summed E-state index contributed by atoms with van der Waals surface area (Å²) < 4.78 is 0. The SMILES string of the molecule is CC(C)[C@H](CNC(=O)C(=O)Nc1ccc(Cl)cn1)NC(=O)c1nc2c(s1)CN(C)CC2.